The number of nitrogens with one attached hydrogen (secondary N) is 1. The van der Waals surface area contributed by atoms with E-state index in [1.165, 1.54) is 24.0 Å². The zero-order valence-corrected chi connectivity index (χ0v) is 12.9. The second-order valence-electron chi connectivity index (χ2n) is 5.91. The first-order valence-electron chi connectivity index (χ1n) is 7.71. The van der Waals surface area contributed by atoms with E-state index in [4.69, 9.17) is 9.47 Å². The van der Waals surface area contributed by atoms with Crippen LogP contribution < -0.4 is 10.1 Å². The fraction of sp³-hybridized carbons (Fsp3) is 0.647. The van der Waals surface area contributed by atoms with Crippen molar-refractivity contribution in [2.75, 3.05) is 26.9 Å². The van der Waals surface area contributed by atoms with Gasteiger partial charge in [0.2, 0.25) is 0 Å². The Bertz CT molecular complexity index is 417. The summed E-state index contributed by atoms with van der Waals surface area (Å²) < 4.78 is 11.3. The highest BCUT2D eigenvalue weighted by Gasteiger charge is 2.18. The third-order valence-corrected chi connectivity index (χ3v) is 3.72. The molecule has 1 aliphatic carbocycles. The molecular formula is C17H27NO2. The van der Waals surface area contributed by atoms with Gasteiger partial charge in [0.15, 0.2) is 0 Å². The fourth-order valence-electron chi connectivity index (χ4n) is 2.72. The van der Waals surface area contributed by atoms with Crippen molar-refractivity contribution in [3.05, 3.63) is 29.3 Å². The molecule has 0 aliphatic heterocycles. The molecule has 0 radical (unpaired) electrons. The predicted octanol–water partition coefficient (Wildman–Crippen LogP) is 3.33. The van der Waals surface area contributed by atoms with Gasteiger partial charge in [0.1, 0.15) is 12.4 Å². The van der Waals surface area contributed by atoms with E-state index < -0.39 is 0 Å². The smallest absolute Gasteiger partial charge is 0.119 e. The van der Waals surface area contributed by atoms with E-state index in [1.807, 2.05) is 7.05 Å². The molecule has 3 nitrogen and oxygen atoms in total. The number of aryl methyl sites for hydroxylation is 1. The normalized spacial score (nSPS) is 18.1. The van der Waals surface area contributed by atoms with E-state index in [0.29, 0.717) is 25.2 Å². The van der Waals surface area contributed by atoms with Gasteiger partial charge in [0, 0.05) is 12.6 Å². The van der Waals surface area contributed by atoms with Crippen molar-refractivity contribution in [3.63, 3.8) is 0 Å². The maximum atomic E-state index is 5.78. The van der Waals surface area contributed by atoms with Crippen LogP contribution >= 0.6 is 0 Å². The Labute approximate surface area is 122 Å². The molecule has 0 bridgehead atoms. The summed E-state index contributed by atoms with van der Waals surface area (Å²) in [4.78, 5) is 0. The van der Waals surface area contributed by atoms with Crippen molar-refractivity contribution in [1.29, 1.82) is 0 Å². The van der Waals surface area contributed by atoms with Crippen LogP contribution in [-0.4, -0.2) is 26.9 Å². The lowest BCUT2D eigenvalue weighted by molar-refractivity contribution is 0.0818. The Balaban J connectivity index is 1.84. The summed E-state index contributed by atoms with van der Waals surface area (Å²) in [7, 11) is 2.04. The molecule has 0 saturated heterocycles. The summed E-state index contributed by atoms with van der Waals surface area (Å²) in [6.45, 7) is 6.40. The van der Waals surface area contributed by atoms with Crippen LogP contribution in [0.5, 0.6) is 5.75 Å². The Hall–Kier alpha value is -1.06. The Morgan fingerprint density at radius 3 is 2.90 bits per heavy atom. The minimum atomic E-state index is 0.502. The predicted molar refractivity (Wildman–Crippen MR) is 82.3 cm³/mol. The summed E-state index contributed by atoms with van der Waals surface area (Å²) in [6, 6.07) is 6.99. The largest absolute Gasteiger partial charge is 0.491 e. The van der Waals surface area contributed by atoms with E-state index in [-0.39, 0.29) is 0 Å². The van der Waals surface area contributed by atoms with Crippen LogP contribution in [0.2, 0.25) is 0 Å². The Morgan fingerprint density at radius 2 is 2.15 bits per heavy atom. The Morgan fingerprint density at radius 1 is 1.30 bits per heavy atom. The average Bonchev–Trinajstić information content (AvgIpc) is 2.45. The Kier molecular flexibility index (Phi) is 5.86. The lowest BCUT2D eigenvalue weighted by Gasteiger charge is -2.25. The summed E-state index contributed by atoms with van der Waals surface area (Å²) >= 11 is 0. The van der Waals surface area contributed by atoms with Gasteiger partial charge in [-0.25, -0.2) is 0 Å². The average molecular weight is 277 g/mol. The third-order valence-electron chi connectivity index (χ3n) is 3.72. The maximum absolute atomic E-state index is 5.78. The third kappa shape index (κ3) is 4.22. The zero-order chi connectivity index (χ0) is 14.4. The van der Waals surface area contributed by atoms with Gasteiger partial charge in [-0.2, -0.15) is 0 Å². The molecule has 1 N–H and O–H groups in total. The zero-order valence-electron chi connectivity index (χ0n) is 12.9. The second-order valence-corrected chi connectivity index (χ2v) is 5.91. The van der Waals surface area contributed by atoms with Gasteiger partial charge in [0.25, 0.3) is 0 Å². The monoisotopic (exact) mass is 277 g/mol. The summed E-state index contributed by atoms with van der Waals surface area (Å²) in [5, 5.41) is 3.39. The molecule has 112 valence electrons. The summed E-state index contributed by atoms with van der Waals surface area (Å²) in [5.41, 5.74) is 2.86. The molecule has 0 spiro atoms. The first kappa shape index (κ1) is 15.3. The fourth-order valence-corrected chi connectivity index (χ4v) is 2.72. The number of rotatable bonds is 7. The van der Waals surface area contributed by atoms with Gasteiger partial charge >= 0.3 is 0 Å². The molecule has 1 aliphatic rings. The lowest BCUT2D eigenvalue weighted by Crippen LogP contribution is -2.21. The van der Waals surface area contributed by atoms with Crippen molar-refractivity contribution in [1.82, 2.24) is 5.32 Å². The second kappa shape index (κ2) is 7.65. The molecule has 1 aromatic rings. The molecule has 0 saturated carbocycles. The van der Waals surface area contributed by atoms with Crippen molar-refractivity contribution in [2.45, 2.75) is 39.2 Å². The molecule has 2 rings (SSSR count). The number of hydrogen-bond acceptors (Lipinski definition) is 3. The van der Waals surface area contributed by atoms with Crippen LogP contribution in [-0.2, 0) is 11.2 Å². The van der Waals surface area contributed by atoms with Crippen LogP contribution in [0.15, 0.2) is 18.2 Å². The number of fused-ring (bicyclic) bond motifs is 1. The molecule has 1 aromatic carbocycles. The van der Waals surface area contributed by atoms with E-state index in [9.17, 15) is 0 Å². The topological polar surface area (TPSA) is 30.5 Å². The molecule has 1 atom stereocenters. The van der Waals surface area contributed by atoms with E-state index >= 15 is 0 Å². The SMILES string of the molecule is CNC1CCCc2cc(OCCOCC(C)C)ccc21. The van der Waals surface area contributed by atoms with Crippen molar-refractivity contribution in [2.24, 2.45) is 5.92 Å². The highest BCUT2D eigenvalue weighted by molar-refractivity contribution is 5.39. The van der Waals surface area contributed by atoms with Crippen LogP contribution in [0.1, 0.15) is 43.9 Å². The maximum Gasteiger partial charge on any atom is 0.119 e. The minimum Gasteiger partial charge on any atom is -0.491 e. The van der Waals surface area contributed by atoms with Crippen molar-refractivity contribution >= 4 is 0 Å². The van der Waals surface area contributed by atoms with E-state index in [0.717, 1.165) is 18.8 Å². The lowest BCUT2D eigenvalue weighted by atomic mass is 9.87. The van der Waals surface area contributed by atoms with Gasteiger partial charge in [-0.3, -0.25) is 0 Å². The van der Waals surface area contributed by atoms with Gasteiger partial charge in [-0.05, 0) is 55.5 Å². The van der Waals surface area contributed by atoms with Gasteiger partial charge in [-0.15, -0.1) is 0 Å². The molecule has 0 heterocycles. The van der Waals surface area contributed by atoms with E-state index in [1.54, 1.807) is 0 Å². The summed E-state index contributed by atoms with van der Waals surface area (Å²) in [5.74, 6) is 1.55. The highest BCUT2D eigenvalue weighted by Crippen LogP contribution is 2.31. The first-order chi connectivity index (χ1) is 9.70. The molecule has 20 heavy (non-hydrogen) atoms. The van der Waals surface area contributed by atoms with Gasteiger partial charge in [-0.1, -0.05) is 19.9 Å². The first-order valence-corrected chi connectivity index (χ1v) is 7.71. The number of benzene rings is 1. The van der Waals surface area contributed by atoms with Crippen LogP contribution in [0.4, 0.5) is 0 Å². The van der Waals surface area contributed by atoms with Crippen LogP contribution in [0, 0.1) is 5.92 Å². The van der Waals surface area contributed by atoms with Gasteiger partial charge < -0.3 is 14.8 Å². The van der Waals surface area contributed by atoms with Crippen LogP contribution in [0.3, 0.4) is 0 Å². The molecular weight excluding hydrogens is 250 g/mol. The minimum absolute atomic E-state index is 0.502. The molecule has 3 heteroatoms. The van der Waals surface area contributed by atoms with E-state index in [2.05, 4.69) is 37.4 Å². The molecule has 0 amide bonds. The van der Waals surface area contributed by atoms with Crippen molar-refractivity contribution in [3.8, 4) is 5.75 Å². The standard InChI is InChI=1S/C17H27NO2/c1-13(2)12-19-9-10-20-15-7-8-16-14(11-15)5-4-6-17(16)18-3/h7-8,11,13,17-18H,4-6,9-10,12H2,1-3H3. The van der Waals surface area contributed by atoms with Crippen molar-refractivity contribution < 1.29 is 9.47 Å². The molecule has 0 aromatic heterocycles. The number of hydrogen-bond donors (Lipinski definition) is 1. The summed E-state index contributed by atoms with van der Waals surface area (Å²) in [6.07, 6.45) is 3.64. The van der Waals surface area contributed by atoms with Crippen LogP contribution in [0.25, 0.3) is 0 Å². The molecule has 1 unspecified atom stereocenters. The van der Waals surface area contributed by atoms with Gasteiger partial charge in [0.05, 0.1) is 6.61 Å². The highest BCUT2D eigenvalue weighted by atomic mass is 16.5. The number of ether oxygens (including phenoxy) is 2. The quantitative estimate of drug-likeness (QED) is 0.775. The molecule has 0 fully saturated rings.